The van der Waals surface area contributed by atoms with E-state index in [2.05, 4.69) is 35.6 Å². The van der Waals surface area contributed by atoms with Crippen molar-refractivity contribution < 1.29 is 0 Å². The van der Waals surface area contributed by atoms with Gasteiger partial charge < -0.3 is 5.32 Å². The smallest absolute Gasteiger partial charge is 0.0692 e. The van der Waals surface area contributed by atoms with Crippen molar-refractivity contribution in [2.75, 3.05) is 13.1 Å². The molecule has 100 valence electrons. The van der Waals surface area contributed by atoms with Crippen LogP contribution in [0.1, 0.15) is 33.1 Å². The molecule has 4 nitrogen and oxygen atoms in total. The Hall–Kier alpha value is -1.16. The summed E-state index contributed by atoms with van der Waals surface area (Å²) < 4.78 is 1.89. The summed E-state index contributed by atoms with van der Waals surface area (Å²) in [4.78, 5) is 0. The SMILES string of the molecule is CC1=CC(C)CC(CNCCCn2ccnn2)C1. The molecule has 0 fully saturated rings. The van der Waals surface area contributed by atoms with Crippen molar-refractivity contribution in [3.8, 4) is 0 Å². The van der Waals surface area contributed by atoms with Gasteiger partial charge in [0.25, 0.3) is 0 Å². The van der Waals surface area contributed by atoms with Gasteiger partial charge in [-0.15, -0.1) is 5.10 Å². The van der Waals surface area contributed by atoms with E-state index in [9.17, 15) is 0 Å². The second kappa shape index (κ2) is 6.69. The molecule has 2 rings (SSSR count). The van der Waals surface area contributed by atoms with Crippen LogP contribution in [0.2, 0.25) is 0 Å². The van der Waals surface area contributed by atoms with Crippen LogP contribution < -0.4 is 5.32 Å². The molecule has 0 aromatic carbocycles. The number of aryl methyl sites for hydroxylation is 1. The fourth-order valence-electron chi connectivity index (χ4n) is 2.87. The third kappa shape index (κ3) is 4.26. The Morgan fingerprint density at radius 2 is 2.39 bits per heavy atom. The van der Waals surface area contributed by atoms with Crippen molar-refractivity contribution in [1.82, 2.24) is 20.3 Å². The quantitative estimate of drug-likeness (QED) is 0.620. The molecule has 0 spiro atoms. The van der Waals surface area contributed by atoms with Crippen molar-refractivity contribution in [1.29, 1.82) is 0 Å². The molecule has 1 aromatic heterocycles. The van der Waals surface area contributed by atoms with E-state index in [4.69, 9.17) is 0 Å². The molecule has 1 aromatic rings. The number of hydrogen-bond acceptors (Lipinski definition) is 3. The summed E-state index contributed by atoms with van der Waals surface area (Å²) in [5, 5.41) is 11.3. The van der Waals surface area contributed by atoms with Gasteiger partial charge in [0.1, 0.15) is 0 Å². The third-order valence-corrected chi connectivity index (χ3v) is 3.53. The van der Waals surface area contributed by atoms with Crippen molar-refractivity contribution in [2.45, 2.75) is 39.7 Å². The van der Waals surface area contributed by atoms with Crippen LogP contribution in [-0.2, 0) is 6.54 Å². The Morgan fingerprint density at radius 3 is 3.11 bits per heavy atom. The minimum absolute atomic E-state index is 0.751. The van der Waals surface area contributed by atoms with Gasteiger partial charge in [-0.3, -0.25) is 4.68 Å². The Labute approximate surface area is 109 Å². The number of aromatic nitrogens is 3. The van der Waals surface area contributed by atoms with Gasteiger partial charge >= 0.3 is 0 Å². The lowest BCUT2D eigenvalue weighted by molar-refractivity contribution is 0.378. The third-order valence-electron chi connectivity index (χ3n) is 3.53. The highest BCUT2D eigenvalue weighted by atomic mass is 15.4. The van der Waals surface area contributed by atoms with E-state index in [1.807, 2.05) is 10.9 Å². The molecular formula is C14H24N4. The highest BCUT2D eigenvalue weighted by molar-refractivity contribution is 5.06. The standard InChI is InChI=1S/C14H24N4/c1-12-8-13(2)10-14(9-12)11-15-4-3-6-18-7-5-16-17-18/h5,7-8,12,14-15H,3-4,6,9-11H2,1-2H3. The predicted octanol–water partition coefficient (Wildman–Crippen LogP) is 2.25. The molecular weight excluding hydrogens is 224 g/mol. The van der Waals surface area contributed by atoms with E-state index in [1.165, 1.54) is 12.8 Å². The molecule has 1 aliphatic carbocycles. The topological polar surface area (TPSA) is 42.7 Å². The largest absolute Gasteiger partial charge is 0.316 e. The Bertz CT molecular complexity index is 369. The average Bonchev–Trinajstić information content (AvgIpc) is 2.80. The van der Waals surface area contributed by atoms with Crippen LogP contribution in [0.3, 0.4) is 0 Å². The second-order valence-electron chi connectivity index (χ2n) is 5.52. The summed E-state index contributed by atoms with van der Waals surface area (Å²) in [5.41, 5.74) is 1.56. The maximum absolute atomic E-state index is 3.96. The van der Waals surface area contributed by atoms with E-state index >= 15 is 0 Å². The highest BCUT2D eigenvalue weighted by Gasteiger charge is 2.17. The van der Waals surface area contributed by atoms with Crippen molar-refractivity contribution in [3.05, 3.63) is 24.0 Å². The van der Waals surface area contributed by atoms with Gasteiger partial charge in [-0.05, 0) is 51.1 Å². The summed E-state index contributed by atoms with van der Waals surface area (Å²) in [6.45, 7) is 7.74. The summed E-state index contributed by atoms with van der Waals surface area (Å²) in [6, 6.07) is 0. The molecule has 18 heavy (non-hydrogen) atoms. The zero-order valence-electron chi connectivity index (χ0n) is 11.5. The first kappa shape index (κ1) is 13.3. The van der Waals surface area contributed by atoms with E-state index in [1.54, 1.807) is 11.8 Å². The molecule has 0 aliphatic heterocycles. The first-order valence-electron chi connectivity index (χ1n) is 6.96. The van der Waals surface area contributed by atoms with Crippen LogP contribution in [0.15, 0.2) is 24.0 Å². The van der Waals surface area contributed by atoms with E-state index in [0.717, 1.165) is 37.9 Å². The van der Waals surface area contributed by atoms with E-state index in [-0.39, 0.29) is 0 Å². The molecule has 0 amide bonds. The lowest BCUT2D eigenvalue weighted by Gasteiger charge is -2.25. The zero-order valence-corrected chi connectivity index (χ0v) is 11.5. The van der Waals surface area contributed by atoms with Crippen molar-refractivity contribution >= 4 is 0 Å². The molecule has 0 radical (unpaired) electrons. The molecule has 1 N–H and O–H groups in total. The molecule has 2 atom stereocenters. The van der Waals surface area contributed by atoms with E-state index in [0.29, 0.717) is 0 Å². The van der Waals surface area contributed by atoms with Crippen LogP contribution >= 0.6 is 0 Å². The summed E-state index contributed by atoms with van der Waals surface area (Å²) in [5.74, 6) is 1.57. The molecule has 4 heteroatoms. The van der Waals surface area contributed by atoms with Gasteiger partial charge in [-0.1, -0.05) is 23.8 Å². The fourth-order valence-corrected chi connectivity index (χ4v) is 2.87. The second-order valence-corrected chi connectivity index (χ2v) is 5.52. The van der Waals surface area contributed by atoms with Gasteiger partial charge in [0.15, 0.2) is 0 Å². The predicted molar refractivity (Wildman–Crippen MR) is 73.2 cm³/mol. The number of nitrogens with one attached hydrogen (secondary N) is 1. The molecule has 0 saturated carbocycles. The first-order chi connectivity index (χ1) is 8.74. The highest BCUT2D eigenvalue weighted by Crippen LogP contribution is 2.27. The van der Waals surface area contributed by atoms with Gasteiger partial charge in [0, 0.05) is 12.7 Å². The normalized spacial score (nSPS) is 24.0. The summed E-state index contributed by atoms with van der Waals surface area (Å²) >= 11 is 0. The Kier molecular flexibility index (Phi) is 4.93. The summed E-state index contributed by atoms with van der Waals surface area (Å²) in [6.07, 6.45) is 9.76. The van der Waals surface area contributed by atoms with Crippen LogP contribution in [0, 0.1) is 11.8 Å². The number of nitrogens with zero attached hydrogens (tertiary/aromatic N) is 3. The Balaban J connectivity index is 1.57. The van der Waals surface area contributed by atoms with Crippen molar-refractivity contribution in [2.24, 2.45) is 11.8 Å². The lowest BCUT2D eigenvalue weighted by Crippen LogP contribution is -2.27. The van der Waals surface area contributed by atoms with Gasteiger partial charge in [0.2, 0.25) is 0 Å². The fraction of sp³-hybridized carbons (Fsp3) is 0.714. The maximum Gasteiger partial charge on any atom is 0.0692 e. The van der Waals surface area contributed by atoms with Crippen molar-refractivity contribution in [3.63, 3.8) is 0 Å². The van der Waals surface area contributed by atoms with Crippen LogP contribution in [-0.4, -0.2) is 28.1 Å². The van der Waals surface area contributed by atoms with Gasteiger partial charge in [-0.2, -0.15) is 0 Å². The monoisotopic (exact) mass is 248 g/mol. The van der Waals surface area contributed by atoms with Crippen LogP contribution in [0.25, 0.3) is 0 Å². The van der Waals surface area contributed by atoms with Crippen LogP contribution in [0.4, 0.5) is 0 Å². The van der Waals surface area contributed by atoms with Crippen LogP contribution in [0.5, 0.6) is 0 Å². The maximum atomic E-state index is 3.96. The Morgan fingerprint density at radius 1 is 1.50 bits per heavy atom. The number of rotatable bonds is 6. The first-order valence-corrected chi connectivity index (χ1v) is 6.96. The molecule has 0 saturated heterocycles. The minimum Gasteiger partial charge on any atom is -0.316 e. The molecule has 1 aliphatic rings. The minimum atomic E-state index is 0.751. The number of hydrogen-bond donors (Lipinski definition) is 1. The average molecular weight is 248 g/mol. The number of allylic oxidation sites excluding steroid dienone is 2. The molecule has 1 heterocycles. The van der Waals surface area contributed by atoms with Gasteiger partial charge in [0.05, 0.1) is 6.20 Å². The molecule has 0 bridgehead atoms. The lowest BCUT2D eigenvalue weighted by atomic mass is 9.84. The molecule has 2 unspecified atom stereocenters. The van der Waals surface area contributed by atoms with E-state index < -0.39 is 0 Å². The summed E-state index contributed by atoms with van der Waals surface area (Å²) in [7, 11) is 0. The zero-order chi connectivity index (χ0) is 12.8. The van der Waals surface area contributed by atoms with Gasteiger partial charge in [-0.25, -0.2) is 0 Å².